The first kappa shape index (κ1) is 14.3. The number of aromatic nitrogens is 1. The minimum absolute atomic E-state index is 0.280. The van der Waals surface area contributed by atoms with Crippen LogP contribution in [0.25, 0.3) is 10.6 Å². The summed E-state index contributed by atoms with van der Waals surface area (Å²) in [6.45, 7) is 1.99. The van der Waals surface area contributed by atoms with Crippen LogP contribution in [0.4, 0.5) is 0 Å². The maximum atomic E-state index is 11.2. The molecule has 19 heavy (non-hydrogen) atoms. The van der Waals surface area contributed by atoms with Crippen molar-refractivity contribution in [1.29, 1.82) is 0 Å². The highest BCUT2D eigenvalue weighted by Gasteiger charge is 2.18. The number of benzene rings is 1. The van der Waals surface area contributed by atoms with Gasteiger partial charge in [0.25, 0.3) is 0 Å². The predicted octanol–water partition coefficient (Wildman–Crippen LogP) is 4.77. The molecule has 0 aliphatic rings. The molecule has 2 rings (SSSR count). The molecule has 0 atom stereocenters. The van der Waals surface area contributed by atoms with Crippen molar-refractivity contribution in [3.8, 4) is 10.6 Å². The SMILES string of the molecule is CCCc1nc(-c2ccc(Cl)cc2Cl)sc1C(=O)O. The molecule has 0 unspecified atom stereocenters. The quantitative estimate of drug-likeness (QED) is 0.884. The number of aryl methyl sites for hydroxylation is 1. The molecule has 0 spiro atoms. The second-order valence-electron chi connectivity index (χ2n) is 3.97. The molecule has 0 aliphatic heterocycles. The lowest BCUT2D eigenvalue weighted by molar-refractivity contribution is 0.0700. The lowest BCUT2D eigenvalue weighted by Crippen LogP contribution is -1.98. The maximum absolute atomic E-state index is 11.2. The minimum Gasteiger partial charge on any atom is -0.477 e. The topological polar surface area (TPSA) is 50.2 Å². The lowest BCUT2D eigenvalue weighted by Gasteiger charge is -2.00. The largest absolute Gasteiger partial charge is 0.477 e. The normalized spacial score (nSPS) is 10.7. The highest BCUT2D eigenvalue weighted by atomic mass is 35.5. The van der Waals surface area contributed by atoms with E-state index in [1.165, 1.54) is 0 Å². The average Bonchev–Trinajstić information content (AvgIpc) is 2.73. The third kappa shape index (κ3) is 3.08. The Balaban J connectivity index is 2.50. The van der Waals surface area contributed by atoms with Crippen LogP contribution < -0.4 is 0 Å². The number of carboxylic acid groups (broad SMARTS) is 1. The molecule has 0 amide bonds. The molecule has 3 nitrogen and oxygen atoms in total. The molecule has 1 aromatic heterocycles. The van der Waals surface area contributed by atoms with Crippen molar-refractivity contribution in [2.45, 2.75) is 19.8 Å². The zero-order valence-electron chi connectivity index (χ0n) is 10.1. The van der Waals surface area contributed by atoms with Crippen molar-refractivity contribution in [2.24, 2.45) is 0 Å². The first-order valence-electron chi connectivity index (χ1n) is 5.71. The third-order valence-electron chi connectivity index (χ3n) is 2.54. The van der Waals surface area contributed by atoms with E-state index in [2.05, 4.69) is 4.98 Å². The summed E-state index contributed by atoms with van der Waals surface area (Å²) in [6.07, 6.45) is 1.49. The zero-order chi connectivity index (χ0) is 14.0. The van der Waals surface area contributed by atoms with E-state index in [9.17, 15) is 9.90 Å². The summed E-state index contributed by atoms with van der Waals surface area (Å²) in [5.74, 6) is -0.947. The highest BCUT2D eigenvalue weighted by Crippen LogP contribution is 2.34. The summed E-state index contributed by atoms with van der Waals surface area (Å²) in [5, 5.41) is 10.8. The molecule has 0 saturated heterocycles. The van der Waals surface area contributed by atoms with Gasteiger partial charge in [0.05, 0.1) is 10.7 Å². The van der Waals surface area contributed by atoms with Gasteiger partial charge in [-0.25, -0.2) is 9.78 Å². The summed E-state index contributed by atoms with van der Waals surface area (Å²) in [7, 11) is 0. The van der Waals surface area contributed by atoms with Crippen LogP contribution in [0.5, 0.6) is 0 Å². The Morgan fingerprint density at radius 1 is 1.42 bits per heavy atom. The van der Waals surface area contributed by atoms with Crippen LogP contribution in [0.3, 0.4) is 0 Å². The number of carboxylic acids is 1. The molecule has 0 fully saturated rings. The first-order valence-corrected chi connectivity index (χ1v) is 7.28. The monoisotopic (exact) mass is 315 g/mol. The van der Waals surface area contributed by atoms with Gasteiger partial charge in [0.1, 0.15) is 9.88 Å². The Bertz CT molecular complexity index is 625. The van der Waals surface area contributed by atoms with Crippen molar-refractivity contribution < 1.29 is 9.90 Å². The molecule has 0 saturated carbocycles. The Morgan fingerprint density at radius 2 is 2.16 bits per heavy atom. The predicted molar refractivity (Wildman–Crippen MR) is 78.5 cm³/mol. The Kier molecular flexibility index (Phi) is 4.45. The number of aromatic carboxylic acids is 1. The van der Waals surface area contributed by atoms with Crippen molar-refractivity contribution in [3.63, 3.8) is 0 Å². The Labute approximate surface area is 124 Å². The van der Waals surface area contributed by atoms with E-state index in [4.69, 9.17) is 23.2 Å². The van der Waals surface area contributed by atoms with Crippen molar-refractivity contribution in [2.75, 3.05) is 0 Å². The van der Waals surface area contributed by atoms with E-state index >= 15 is 0 Å². The van der Waals surface area contributed by atoms with Crippen molar-refractivity contribution in [1.82, 2.24) is 4.98 Å². The van der Waals surface area contributed by atoms with Crippen LogP contribution in [-0.4, -0.2) is 16.1 Å². The number of hydrogen-bond donors (Lipinski definition) is 1. The van der Waals surface area contributed by atoms with E-state index in [0.717, 1.165) is 17.8 Å². The molecular formula is C13H11Cl2NO2S. The molecule has 0 radical (unpaired) electrons. The standard InChI is InChI=1S/C13H11Cl2NO2S/c1-2-3-10-11(13(17)18)19-12(16-10)8-5-4-7(14)6-9(8)15/h4-6H,2-3H2,1H3,(H,17,18). The summed E-state index contributed by atoms with van der Waals surface area (Å²) < 4.78 is 0. The molecule has 100 valence electrons. The first-order chi connectivity index (χ1) is 9.02. The third-order valence-corrected chi connectivity index (χ3v) is 4.21. The minimum atomic E-state index is -0.947. The second kappa shape index (κ2) is 5.90. The molecule has 1 aromatic carbocycles. The number of carbonyl (C=O) groups is 1. The van der Waals surface area contributed by atoms with E-state index in [-0.39, 0.29) is 4.88 Å². The van der Waals surface area contributed by atoms with Crippen LogP contribution in [-0.2, 0) is 6.42 Å². The fourth-order valence-corrected chi connectivity index (χ4v) is 3.25. The molecule has 0 bridgehead atoms. The van der Waals surface area contributed by atoms with Crippen LogP contribution in [0.2, 0.25) is 10.0 Å². The van der Waals surface area contributed by atoms with Crippen LogP contribution >= 0.6 is 34.5 Å². The van der Waals surface area contributed by atoms with Gasteiger partial charge in [-0.3, -0.25) is 0 Å². The van der Waals surface area contributed by atoms with E-state index < -0.39 is 5.97 Å². The van der Waals surface area contributed by atoms with Crippen molar-refractivity contribution in [3.05, 3.63) is 38.8 Å². The highest BCUT2D eigenvalue weighted by molar-refractivity contribution is 7.17. The summed E-state index contributed by atoms with van der Waals surface area (Å²) >= 11 is 13.1. The van der Waals surface area contributed by atoms with Gasteiger partial charge in [0.2, 0.25) is 0 Å². The number of nitrogens with zero attached hydrogens (tertiary/aromatic N) is 1. The maximum Gasteiger partial charge on any atom is 0.347 e. The molecule has 1 heterocycles. The van der Waals surface area contributed by atoms with Gasteiger partial charge in [-0.1, -0.05) is 36.5 Å². The van der Waals surface area contributed by atoms with E-state index in [1.54, 1.807) is 18.2 Å². The van der Waals surface area contributed by atoms with Crippen molar-refractivity contribution >= 4 is 40.5 Å². The molecule has 0 aliphatic carbocycles. The summed E-state index contributed by atoms with van der Waals surface area (Å²) in [4.78, 5) is 15.9. The average molecular weight is 316 g/mol. The van der Waals surface area contributed by atoms with Gasteiger partial charge in [-0.05, 0) is 24.6 Å². The number of halogens is 2. The van der Waals surface area contributed by atoms with E-state index in [1.807, 2.05) is 6.92 Å². The molecule has 2 aromatic rings. The van der Waals surface area contributed by atoms with Crippen LogP contribution in [0.1, 0.15) is 28.7 Å². The van der Waals surface area contributed by atoms with Gasteiger partial charge in [-0.15, -0.1) is 11.3 Å². The number of hydrogen-bond acceptors (Lipinski definition) is 3. The fraction of sp³-hybridized carbons (Fsp3) is 0.231. The number of rotatable bonds is 4. The molecular weight excluding hydrogens is 305 g/mol. The second-order valence-corrected chi connectivity index (χ2v) is 5.82. The van der Waals surface area contributed by atoms with Crippen LogP contribution in [0.15, 0.2) is 18.2 Å². The van der Waals surface area contributed by atoms with Gasteiger partial charge >= 0.3 is 5.97 Å². The fourth-order valence-electron chi connectivity index (χ4n) is 1.70. The summed E-state index contributed by atoms with van der Waals surface area (Å²) in [6, 6.07) is 5.09. The van der Waals surface area contributed by atoms with E-state index in [0.29, 0.717) is 32.7 Å². The Hall–Kier alpha value is -1.10. The van der Waals surface area contributed by atoms with Gasteiger partial charge in [-0.2, -0.15) is 0 Å². The smallest absolute Gasteiger partial charge is 0.347 e. The van der Waals surface area contributed by atoms with Gasteiger partial charge in [0, 0.05) is 10.6 Å². The zero-order valence-corrected chi connectivity index (χ0v) is 12.4. The summed E-state index contributed by atoms with van der Waals surface area (Å²) in [5.41, 5.74) is 1.32. The molecule has 1 N–H and O–H groups in total. The van der Waals surface area contributed by atoms with Crippen LogP contribution in [0, 0.1) is 0 Å². The lowest BCUT2D eigenvalue weighted by atomic mass is 10.2. The van der Waals surface area contributed by atoms with Gasteiger partial charge < -0.3 is 5.11 Å². The number of thiazole rings is 1. The molecule has 6 heteroatoms. The Morgan fingerprint density at radius 3 is 2.74 bits per heavy atom. The van der Waals surface area contributed by atoms with Gasteiger partial charge in [0.15, 0.2) is 0 Å².